The highest BCUT2D eigenvalue weighted by atomic mass is 16.5. The van der Waals surface area contributed by atoms with Gasteiger partial charge in [-0.1, -0.05) is 12.1 Å². The Morgan fingerprint density at radius 1 is 1.32 bits per heavy atom. The van der Waals surface area contributed by atoms with E-state index in [-0.39, 0.29) is 0 Å². The summed E-state index contributed by atoms with van der Waals surface area (Å²) in [5.41, 5.74) is 4.60. The number of rotatable bonds is 4. The summed E-state index contributed by atoms with van der Waals surface area (Å²) in [6.45, 7) is 6.44. The van der Waals surface area contributed by atoms with E-state index in [4.69, 9.17) is 4.74 Å². The molecule has 0 aliphatic carbocycles. The summed E-state index contributed by atoms with van der Waals surface area (Å²) in [5.74, 6) is 0.880. The molecule has 0 saturated carbocycles. The summed E-state index contributed by atoms with van der Waals surface area (Å²) in [6, 6.07) is 6.05. The number of aromatic nitrogens is 2. The van der Waals surface area contributed by atoms with Crippen molar-refractivity contribution in [2.75, 3.05) is 7.11 Å². The molecule has 100 valence electrons. The number of nitrogens with zero attached hydrogens (tertiary/aromatic N) is 2. The van der Waals surface area contributed by atoms with Gasteiger partial charge in [-0.15, -0.1) is 0 Å². The molecule has 0 atom stereocenters. The lowest BCUT2D eigenvalue weighted by atomic mass is 10.1. The summed E-state index contributed by atoms with van der Waals surface area (Å²) in [6.07, 6.45) is 0.868. The minimum atomic E-state index is 0.658. The zero-order valence-electron chi connectivity index (χ0n) is 11.7. The lowest BCUT2D eigenvalue weighted by molar-refractivity contribution is 0.112. The highest BCUT2D eigenvalue weighted by molar-refractivity contribution is 5.78. The van der Waals surface area contributed by atoms with Gasteiger partial charge in [-0.25, -0.2) is 0 Å². The fraction of sp³-hybridized carbons (Fsp3) is 0.333. The van der Waals surface area contributed by atoms with Gasteiger partial charge in [0, 0.05) is 5.69 Å². The van der Waals surface area contributed by atoms with Crippen LogP contribution in [-0.2, 0) is 6.54 Å². The molecule has 0 radical (unpaired) electrons. The van der Waals surface area contributed by atoms with Gasteiger partial charge in [0.1, 0.15) is 5.75 Å². The predicted octanol–water partition coefficient (Wildman–Crippen LogP) is 2.68. The van der Waals surface area contributed by atoms with Crippen molar-refractivity contribution in [1.29, 1.82) is 0 Å². The van der Waals surface area contributed by atoms with Crippen molar-refractivity contribution in [2.24, 2.45) is 0 Å². The maximum absolute atomic E-state index is 11.0. The molecular formula is C15H18N2O2. The summed E-state index contributed by atoms with van der Waals surface area (Å²) in [5, 5.41) is 4.40. The molecule has 0 aliphatic rings. The molecule has 0 N–H and O–H groups in total. The SMILES string of the molecule is COc1ccc(Cn2nc(C)c(C=O)c2C)cc1C. The van der Waals surface area contributed by atoms with Crippen LogP contribution in [0.1, 0.15) is 32.9 Å². The molecule has 0 amide bonds. The summed E-state index contributed by atoms with van der Waals surface area (Å²) < 4.78 is 7.11. The number of carbonyl (C=O) groups excluding carboxylic acids is 1. The summed E-state index contributed by atoms with van der Waals surface area (Å²) >= 11 is 0. The first-order chi connectivity index (χ1) is 9.06. The summed E-state index contributed by atoms with van der Waals surface area (Å²) in [7, 11) is 1.67. The van der Waals surface area contributed by atoms with Crippen molar-refractivity contribution >= 4 is 6.29 Å². The normalized spacial score (nSPS) is 10.5. The molecular weight excluding hydrogens is 240 g/mol. The van der Waals surface area contributed by atoms with Crippen LogP contribution in [0.4, 0.5) is 0 Å². The smallest absolute Gasteiger partial charge is 0.153 e. The first-order valence-corrected chi connectivity index (χ1v) is 6.19. The van der Waals surface area contributed by atoms with E-state index in [1.807, 2.05) is 37.6 Å². The van der Waals surface area contributed by atoms with Gasteiger partial charge in [0.2, 0.25) is 0 Å². The van der Waals surface area contributed by atoms with Gasteiger partial charge in [0.25, 0.3) is 0 Å². The van der Waals surface area contributed by atoms with E-state index < -0.39 is 0 Å². The van der Waals surface area contributed by atoms with Crippen LogP contribution in [0.2, 0.25) is 0 Å². The van der Waals surface area contributed by atoms with Crippen LogP contribution in [-0.4, -0.2) is 23.2 Å². The first-order valence-electron chi connectivity index (χ1n) is 6.19. The minimum absolute atomic E-state index is 0.658. The zero-order valence-corrected chi connectivity index (χ0v) is 11.7. The Balaban J connectivity index is 2.31. The number of hydrogen-bond donors (Lipinski definition) is 0. The summed E-state index contributed by atoms with van der Waals surface area (Å²) in [4.78, 5) is 11.0. The number of hydrogen-bond acceptors (Lipinski definition) is 3. The Morgan fingerprint density at radius 2 is 2.05 bits per heavy atom. The van der Waals surface area contributed by atoms with E-state index in [1.165, 1.54) is 0 Å². The van der Waals surface area contributed by atoms with Crippen LogP contribution in [0.15, 0.2) is 18.2 Å². The van der Waals surface area contributed by atoms with Crippen molar-refractivity contribution in [3.05, 3.63) is 46.3 Å². The number of aldehydes is 1. The number of aryl methyl sites for hydroxylation is 2. The number of methoxy groups -OCH3 is 1. The molecule has 0 saturated heterocycles. The third kappa shape index (κ3) is 2.52. The molecule has 0 aliphatic heterocycles. The van der Waals surface area contributed by atoms with E-state index >= 15 is 0 Å². The van der Waals surface area contributed by atoms with Crippen LogP contribution < -0.4 is 4.74 Å². The van der Waals surface area contributed by atoms with Crippen LogP contribution in [0, 0.1) is 20.8 Å². The third-order valence-electron chi connectivity index (χ3n) is 3.35. The first kappa shape index (κ1) is 13.3. The molecule has 4 heteroatoms. The number of ether oxygens (including phenoxy) is 1. The molecule has 4 nitrogen and oxygen atoms in total. The molecule has 2 aromatic rings. The van der Waals surface area contributed by atoms with E-state index in [1.54, 1.807) is 7.11 Å². The molecule has 0 fully saturated rings. The van der Waals surface area contributed by atoms with Crippen LogP contribution in [0.5, 0.6) is 5.75 Å². The average molecular weight is 258 g/mol. The average Bonchev–Trinajstić information content (AvgIpc) is 2.64. The fourth-order valence-corrected chi connectivity index (χ4v) is 2.25. The van der Waals surface area contributed by atoms with E-state index in [2.05, 4.69) is 11.2 Å². The Labute approximate surface area is 113 Å². The van der Waals surface area contributed by atoms with Crippen molar-refractivity contribution in [3.8, 4) is 5.75 Å². The van der Waals surface area contributed by atoms with Gasteiger partial charge in [0.15, 0.2) is 6.29 Å². The Bertz CT molecular complexity index is 615. The molecule has 19 heavy (non-hydrogen) atoms. The van der Waals surface area contributed by atoms with Crippen LogP contribution in [0.25, 0.3) is 0 Å². The standard InChI is InChI=1S/C15H18N2O2/c1-10-7-13(5-6-15(10)19-4)8-17-12(3)14(9-18)11(2)16-17/h5-7,9H,8H2,1-4H3. The van der Waals surface area contributed by atoms with Gasteiger partial charge in [-0.2, -0.15) is 5.10 Å². The molecule has 0 bridgehead atoms. The molecule has 0 unspecified atom stereocenters. The second-order valence-electron chi connectivity index (χ2n) is 4.66. The van der Waals surface area contributed by atoms with Gasteiger partial charge < -0.3 is 4.74 Å². The Hall–Kier alpha value is -2.10. The topological polar surface area (TPSA) is 44.1 Å². The third-order valence-corrected chi connectivity index (χ3v) is 3.35. The Kier molecular flexibility index (Phi) is 3.69. The zero-order chi connectivity index (χ0) is 14.0. The number of benzene rings is 1. The fourth-order valence-electron chi connectivity index (χ4n) is 2.25. The van der Waals surface area contributed by atoms with E-state index in [0.29, 0.717) is 12.1 Å². The minimum Gasteiger partial charge on any atom is -0.496 e. The van der Waals surface area contributed by atoms with Crippen molar-refractivity contribution < 1.29 is 9.53 Å². The Morgan fingerprint density at radius 3 is 2.58 bits per heavy atom. The van der Waals surface area contributed by atoms with Gasteiger partial charge >= 0.3 is 0 Å². The van der Waals surface area contributed by atoms with E-state index in [0.717, 1.165) is 34.6 Å². The molecule has 1 aromatic carbocycles. The monoisotopic (exact) mass is 258 g/mol. The quantitative estimate of drug-likeness (QED) is 0.792. The molecule has 1 heterocycles. The van der Waals surface area contributed by atoms with Gasteiger partial charge in [-0.3, -0.25) is 9.48 Å². The van der Waals surface area contributed by atoms with Gasteiger partial charge in [0.05, 0.1) is 24.9 Å². The second kappa shape index (κ2) is 5.26. The number of carbonyl (C=O) groups is 1. The van der Waals surface area contributed by atoms with Crippen molar-refractivity contribution in [3.63, 3.8) is 0 Å². The lowest BCUT2D eigenvalue weighted by Gasteiger charge is -2.09. The highest BCUT2D eigenvalue weighted by Gasteiger charge is 2.11. The lowest BCUT2D eigenvalue weighted by Crippen LogP contribution is -2.04. The van der Waals surface area contributed by atoms with Crippen molar-refractivity contribution in [1.82, 2.24) is 9.78 Å². The maximum Gasteiger partial charge on any atom is 0.153 e. The predicted molar refractivity (Wildman–Crippen MR) is 73.9 cm³/mol. The van der Waals surface area contributed by atoms with Gasteiger partial charge in [-0.05, 0) is 38.0 Å². The molecule has 1 aromatic heterocycles. The molecule has 2 rings (SSSR count). The molecule has 0 spiro atoms. The van der Waals surface area contributed by atoms with Crippen LogP contribution >= 0.6 is 0 Å². The largest absolute Gasteiger partial charge is 0.496 e. The van der Waals surface area contributed by atoms with Crippen LogP contribution in [0.3, 0.4) is 0 Å². The van der Waals surface area contributed by atoms with Crippen molar-refractivity contribution in [2.45, 2.75) is 27.3 Å². The highest BCUT2D eigenvalue weighted by Crippen LogP contribution is 2.20. The maximum atomic E-state index is 11.0. The van der Waals surface area contributed by atoms with E-state index in [9.17, 15) is 4.79 Å². The second-order valence-corrected chi connectivity index (χ2v) is 4.66.